The van der Waals surface area contributed by atoms with Crippen LogP contribution in [0.2, 0.25) is 0 Å². The lowest BCUT2D eigenvalue weighted by Gasteiger charge is -2.25. The Balaban J connectivity index is 2.36. The van der Waals surface area contributed by atoms with Gasteiger partial charge < -0.3 is 19.7 Å². The lowest BCUT2D eigenvalue weighted by Crippen LogP contribution is -2.45. The van der Waals surface area contributed by atoms with Crippen molar-refractivity contribution in [2.24, 2.45) is 0 Å². The molecule has 2 amide bonds. The average Bonchev–Trinajstić information content (AvgIpc) is 2.72. The highest BCUT2D eigenvalue weighted by molar-refractivity contribution is 5.82. The molecule has 1 rings (SSSR count). The van der Waals surface area contributed by atoms with Crippen molar-refractivity contribution in [3.8, 4) is 0 Å². The van der Waals surface area contributed by atoms with E-state index in [9.17, 15) is 9.59 Å². The van der Waals surface area contributed by atoms with Crippen molar-refractivity contribution in [1.82, 2.24) is 10.2 Å². The highest BCUT2D eigenvalue weighted by atomic mass is 16.6. The van der Waals surface area contributed by atoms with Crippen molar-refractivity contribution >= 4 is 12.0 Å². The van der Waals surface area contributed by atoms with Gasteiger partial charge in [-0.2, -0.15) is 0 Å². The van der Waals surface area contributed by atoms with Crippen LogP contribution in [0.1, 0.15) is 33.6 Å². The molecule has 1 atom stereocenters. The molecule has 1 saturated heterocycles. The molecule has 1 N–H and O–H groups in total. The maximum absolute atomic E-state index is 12.0. The number of carbonyl (C=O) groups excluding carboxylic acids is 2. The maximum atomic E-state index is 12.0. The molecule has 0 bridgehead atoms. The zero-order valence-corrected chi connectivity index (χ0v) is 12.2. The SMILES string of the molecule is COC[C@@H]1CCCN1C(=O)CNC(=O)OC(C)(C)C. The summed E-state index contributed by atoms with van der Waals surface area (Å²) in [6, 6.07) is 0.123. The summed E-state index contributed by atoms with van der Waals surface area (Å²) in [5, 5.41) is 2.49. The van der Waals surface area contributed by atoms with Crippen LogP contribution in [0.4, 0.5) is 4.79 Å². The Kier molecular flexibility index (Phi) is 5.60. The van der Waals surface area contributed by atoms with Crippen molar-refractivity contribution < 1.29 is 19.1 Å². The summed E-state index contributed by atoms with van der Waals surface area (Å²) in [7, 11) is 1.62. The van der Waals surface area contributed by atoms with Gasteiger partial charge in [0.15, 0.2) is 0 Å². The molecule has 110 valence electrons. The molecule has 0 aliphatic carbocycles. The number of hydrogen-bond acceptors (Lipinski definition) is 4. The molecule has 1 heterocycles. The van der Waals surface area contributed by atoms with Crippen molar-refractivity contribution in [2.75, 3.05) is 26.8 Å². The Morgan fingerprint density at radius 1 is 1.37 bits per heavy atom. The fourth-order valence-corrected chi connectivity index (χ4v) is 2.09. The summed E-state index contributed by atoms with van der Waals surface area (Å²) in [4.78, 5) is 25.2. The van der Waals surface area contributed by atoms with Gasteiger partial charge in [-0.15, -0.1) is 0 Å². The third-order valence-corrected chi connectivity index (χ3v) is 2.84. The molecule has 19 heavy (non-hydrogen) atoms. The summed E-state index contributed by atoms with van der Waals surface area (Å²) < 4.78 is 10.2. The lowest BCUT2D eigenvalue weighted by molar-refractivity contribution is -0.131. The van der Waals surface area contributed by atoms with Gasteiger partial charge in [-0.05, 0) is 33.6 Å². The van der Waals surface area contributed by atoms with Crippen molar-refractivity contribution in [3.05, 3.63) is 0 Å². The molecular formula is C13H24N2O4. The van der Waals surface area contributed by atoms with Gasteiger partial charge in [0, 0.05) is 13.7 Å². The quantitative estimate of drug-likeness (QED) is 0.833. The molecule has 0 radical (unpaired) electrons. The predicted molar refractivity (Wildman–Crippen MR) is 70.8 cm³/mol. The zero-order valence-electron chi connectivity index (χ0n) is 12.2. The number of rotatable bonds is 4. The van der Waals surface area contributed by atoms with Crippen LogP contribution in [-0.4, -0.2) is 55.3 Å². The first kappa shape index (κ1) is 15.8. The third kappa shape index (κ3) is 5.46. The van der Waals surface area contributed by atoms with E-state index in [2.05, 4.69) is 5.32 Å². The summed E-state index contributed by atoms with van der Waals surface area (Å²) >= 11 is 0. The van der Waals surface area contributed by atoms with Crippen LogP contribution >= 0.6 is 0 Å². The minimum Gasteiger partial charge on any atom is -0.444 e. The standard InChI is InChI=1S/C13H24N2O4/c1-13(2,3)19-12(17)14-8-11(16)15-7-5-6-10(15)9-18-4/h10H,5-9H2,1-4H3,(H,14,17)/t10-/m0/s1. The Morgan fingerprint density at radius 2 is 2.05 bits per heavy atom. The molecule has 1 aliphatic rings. The number of carbonyl (C=O) groups is 2. The van der Waals surface area contributed by atoms with Crippen LogP contribution in [0.25, 0.3) is 0 Å². The largest absolute Gasteiger partial charge is 0.444 e. The number of nitrogens with zero attached hydrogens (tertiary/aromatic N) is 1. The lowest BCUT2D eigenvalue weighted by atomic mass is 10.2. The molecule has 0 aromatic heterocycles. The number of ether oxygens (including phenoxy) is 2. The minimum absolute atomic E-state index is 0.0326. The second kappa shape index (κ2) is 6.75. The highest BCUT2D eigenvalue weighted by Crippen LogP contribution is 2.17. The van der Waals surface area contributed by atoms with Gasteiger partial charge in [-0.25, -0.2) is 4.79 Å². The molecule has 6 nitrogen and oxygen atoms in total. The molecule has 0 aromatic rings. The van der Waals surface area contributed by atoms with Crippen LogP contribution in [-0.2, 0) is 14.3 Å². The number of alkyl carbamates (subject to hydrolysis) is 1. The molecule has 6 heteroatoms. The Labute approximate surface area is 114 Å². The van der Waals surface area contributed by atoms with Gasteiger partial charge in [0.05, 0.1) is 12.6 Å². The Bertz CT molecular complexity index is 325. The Morgan fingerprint density at radius 3 is 2.63 bits per heavy atom. The molecule has 1 fully saturated rings. The molecule has 0 unspecified atom stereocenters. The number of nitrogens with one attached hydrogen (secondary N) is 1. The molecule has 1 aliphatic heterocycles. The third-order valence-electron chi connectivity index (χ3n) is 2.84. The Hall–Kier alpha value is -1.30. The second-order valence-corrected chi connectivity index (χ2v) is 5.69. The van der Waals surface area contributed by atoms with Crippen LogP contribution in [0.15, 0.2) is 0 Å². The minimum atomic E-state index is -0.566. The first-order valence-electron chi connectivity index (χ1n) is 6.59. The first-order valence-corrected chi connectivity index (χ1v) is 6.59. The van der Waals surface area contributed by atoms with E-state index in [4.69, 9.17) is 9.47 Å². The summed E-state index contributed by atoms with van der Waals surface area (Å²) in [5.74, 6) is -0.0922. The van der Waals surface area contributed by atoms with Gasteiger partial charge in [0.2, 0.25) is 5.91 Å². The van der Waals surface area contributed by atoms with Crippen molar-refractivity contribution in [3.63, 3.8) is 0 Å². The fraction of sp³-hybridized carbons (Fsp3) is 0.846. The van der Waals surface area contributed by atoms with E-state index in [0.717, 1.165) is 19.4 Å². The van der Waals surface area contributed by atoms with E-state index in [0.29, 0.717) is 6.61 Å². The van der Waals surface area contributed by atoms with Crippen molar-refractivity contribution in [2.45, 2.75) is 45.3 Å². The first-order chi connectivity index (χ1) is 8.83. The topological polar surface area (TPSA) is 67.9 Å². The van der Waals surface area contributed by atoms with E-state index in [1.807, 2.05) is 0 Å². The summed E-state index contributed by atoms with van der Waals surface area (Å²) in [6.07, 6.45) is 1.36. The summed E-state index contributed by atoms with van der Waals surface area (Å²) in [5.41, 5.74) is -0.556. The predicted octanol–water partition coefficient (Wildman–Crippen LogP) is 1.15. The molecular weight excluding hydrogens is 248 g/mol. The van der Waals surface area contributed by atoms with E-state index in [-0.39, 0.29) is 18.5 Å². The molecule has 0 spiro atoms. The van der Waals surface area contributed by atoms with Crippen LogP contribution in [0.3, 0.4) is 0 Å². The molecule has 0 aromatic carbocycles. The number of amides is 2. The monoisotopic (exact) mass is 272 g/mol. The second-order valence-electron chi connectivity index (χ2n) is 5.69. The molecule has 0 saturated carbocycles. The smallest absolute Gasteiger partial charge is 0.408 e. The zero-order chi connectivity index (χ0) is 14.5. The van der Waals surface area contributed by atoms with Crippen molar-refractivity contribution in [1.29, 1.82) is 0 Å². The number of likely N-dealkylation sites (tertiary alicyclic amines) is 1. The number of methoxy groups -OCH3 is 1. The van der Waals surface area contributed by atoms with E-state index in [1.54, 1.807) is 32.8 Å². The maximum Gasteiger partial charge on any atom is 0.408 e. The summed E-state index contributed by atoms with van der Waals surface area (Å²) in [6.45, 7) is 6.58. The van der Waals surface area contributed by atoms with Crippen LogP contribution < -0.4 is 5.32 Å². The van der Waals surface area contributed by atoms with E-state index < -0.39 is 11.7 Å². The highest BCUT2D eigenvalue weighted by Gasteiger charge is 2.28. The van der Waals surface area contributed by atoms with Crippen LogP contribution in [0, 0.1) is 0 Å². The van der Waals surface area contributed by atoms with Gasteiger partial charge in [-0.3, -0.25) is 4.79 Å². The van der Waals surface area contributed by atoms with Gasteiger partial charge in [-0.1, -0.05) is 0 Å². The normalized spacial score (nSPS) is 19.4. The number of hydrogen-bond donors (Lipinski definition) is 1. The van der Waals surface area contributed by atoms with E-state index >= 15 is 0 Å². The van der Waals surface area contributed by atoms with Gasteiger partial charge in [0.1, 0.15) is 12.1 Å². The van der Waals surface area contributed by atoms with Gasteiger partial charge in [0.25, 0.3) is 0 Å². The van der Waals surface area contributed by atoms with Gasteiger partial charge >= 0.3 is 6.09 Å². The van der Waals surface area contributed by atoms with Crippen LogP contribution in [0.5, 0.6) is 0 Å². The fourth-order valence-electron chi connectivity index (χ4n) is 2.09. The average molecular weight is 272 g/mol. The van der Waals surface area contributed by atoms with E-state index in [1.165, 1.54) is 0 Å².